The van der Waals surface area contributed by atoms with Crippen molar-refractivity contribution >= 4 is 22.0 Å². The summed E-state index contributed by atoms with van der Waals surface area (Å²) >= 11 is 3.34. The molecule has 0 saturated carbocycles. The van der Waals surface area contributed by atoms with Crippen LogP contribution in [-0.4, -0.2) is 17.6 Å². The molecule has 1 aliphatic rings. The van der Waals surface area contributed by atoms with Gasteiger partial charge in [-0.15, -0.1) is 0 Å². The molecule has 5 heteroatoms. The number of carbonyl (C=O) groups excluding carboxylic acids is 1. The van der Waals surface area contributed by atoms with Crippen LogP contribution in [0.15, 0.2) is 22.9 Å². The van der Waals surface area contributed by atoms with Gasteiger partial charge in [0.15, 0.2) is 0 Å². The van der Waals surface area contributed by atoms with Crippen molar-refractivity contribution in [1.82, 2.24) is 15.6 Å². The number of carbonyl (C=O) groups is 1. The quantitative estimate of drug-likeness (QED) is 0.727. The van der Waals surface area contributed by atoms with Gasteiger partial charge in [-0.25, -0.2) is 9.78 Å². The average Bonchev–Trinajstić information content (AvgIpc) is 2.53. The lowest BCUT2D eigenvalue weighted by molar-refractivity contribution is 0.247. The van der Waals surface area contributed by atoms with Crippen molar-refractivity contribution in [3.05, 3.63) is 28.5 Å². The van der Waals surface area contributed by atoms with E-state index < -0.39 is 0 Å². The number of nitrogens with one attached hydrogen (secondary N) is 2. The van der Waals surface area contributed by atoms with Crippen molar-refractivity contribution < 1.29 is 4.79 Å². The van der Waals surface area contributed by atoms with E-state index in [0.29, 0.717) is 6.54 Å². The number of nitrogens with zero attached hydrogens (tertiary/aromatic N) is 1. The molecule has 0 spiro atoms. The molecule has 13 heavy (non-hydrogen) atoms. The SMILES string of the molecule is O=C1NCC(c2cccnc2Br)N1. The minimum absolute atomic E-state index is 0.0237. The monoisotopic (exact) mass is 241 g/mol. The molecule has 0 aromatic carbocycles. The van der Waals surface area contributed by atoms with E-state index in [0.717, 1.165) is 10.2 Å². The minimum Gasteiger partial charge on any atom is -0.336 e. The molecular formula is C8H8BrN3O. The molecule has 2 N–H and O–H groups in total. The molecule has 2 amide bonds. The number of urea groups is 1. The topological polar surface area (TPSA) is 54.0 Å². The van der Waals surface area contributed by atoms with E-state index >= 15 is 0 Å². The number of hydrogen-bond donors (Lipinski definition) is 2. The maximum atomic E-state index is 10.9. The lowest BCUT2D eigenvalue weighted by atomic mass is 10.1. The van der Waals surface area contributed by atoms with Crippen LogP contribution < -0.4 is 10.6 Å². The van der Waals surface area contributed by atoms with Crippen LogP contribution in [-0.2, 0) is 0 Å². The number of halogens is 1. The Morgan fingerprint density at radius 1 is 1.62 bits per heavy atom. The van der Waals surface area contributed by atoms with Gasteiger partial charge in [0.05, 0.1) is 6.04 Å². The zero-order valence-corrected chi connectivity index (χ0v) is 8.34. The molecule has 0 bridgehead atoms. The van der Waals surface area contributed by atoms with Gasteiger partial charge in [0.1, 0.15) is 4.60 Å². The highest BCUT2D eigenvalue weighted by atomic mass is 79.9. The van der Waals surface area contributed by atoms with Crippen LogP contribution in [0.5, 0.6) is 0 Å². The van der Waals surface area contributed by atoms with E-state index in [4.69, 9.17) is 0 Å². The predicted molar refractivity (Wildman–Crippen MR) is 51.2 cm³/mol. The molecule has 1 saturated heterocycles. The lowest BCUT2D eigenvalue weighted by Crippen LogP contribution is -2.21. The number of pyridine rings is 1. The van der Waals surface area contributed by atoms with Crippen LogP contribution in [0.4, 0.5) is 4.79 Å². The third kappa shape index (κ3) is 1.65. The molecule has 4 nitrogen and oxygen atoms in total. The Morgan fingerprint density at radius 3 is 3.08 bits per heavy atom. The molecular weight excluding hydrogens is 234 g/mol. The minimum atomic E-state index is -0.124. The maximum Gasteiger partial charge on any atom is 0.315 e. The molecule has 0 aliphatic carbocycles. The van der Waals surface area contributed by atoms with Crippen molar-refractivity contribution in [2.24, 2.45) is 0 Å². The Balaban J connectivity index is 2.26. The Morgan fingerprint density at radius 2 is 2.46 bits per heavy atom. The van der Waals surface area contributed by atoms with Crippen LogP contribution in [0, 0.1) is 0 Å². The molecule has 1 aromatic heterocycles. The van der Waals surface area contributed by atoms with E-state index in [1.54, 1.807) is 6.20 Å². The molecule has 1 aromatic rings. The largest absolute Gasteiger partial charge is 0.336 e. The van der Waals surface area contributed by atoms with Gasteiger partial charge in [-0.2, -0.15) is 0 Å². The van der Waals surface area contributed by atoms with E-state index in [2.05, 4.69) is 31.5 Å². The first kappa shape index (κ1) is 8.50. The Bertz CT molecular complexity index is 342. The standard InChI is InChI=1S/C8H8BrN3O/c9-7-5(2-1-3-10-7)6-4-11-8(13)12-6/h1-3,6H,4H2,(H2,11,12,13). The van der Waals surface area contributed by atoms with E-state index in [-0.39, 0.29) is 12.1 Å². The second kappa shape index (κ2) is 3.33. The fraction of sp³-hybridized carbons (Fsp3) is 0.250. The second-order valence-electron chi connectivity index (χ2n) is 2.79. The van der Waals surface area contributed by atoms with Gasteiger partial charge >= 0.3 is 6.03 Å². The highest BCUT2D eigenvalue weighted by Gasteiger charge is 2.23. The summed E-state index contributed by atoms with van der Waals surface area (Å²) in [6.45, 7) is 0.614. The van der Waals surface area contributed by atoms with Crippen molar-refractivity contribution in [3.8, 4) is 0 Å². The van der Waals surface area contributed by atoms with Crippen molar-refractivity contribution in [3.63, 3.8) is 0 Å². The van der Waals surface area contributed by atoms with Gasteiger partial charge in [0.25, 0.3) is 0 Å². The molecule has 1 fully saturated rings. The molecule has 0 radical (unpaired) electrons. The Hall–Kier alpha value is -1.10. The number of rotatable bonds is 1. The number of aromatic nitrogens is 1. The van der Waals surface area contributed by atoms with Gasteiger partial charge in [-0.05, 0) is 22.0 Å². The summed E-state index contributed by atoms with van der Waals surface area (Å²) in [5, 5.41) is 5.49. The maximum absolute atomic E-state index is 10.9. The van der Waals surface area contributed by atoms with E-state index in [1.165, 1.54) is 0 Å². The summed E-state index contributed by atoms with van der Waals surface area (Å²) in [5.74, 6) is 0. The van der Waals surface area contributed by atoms with E-state index in [1.807, 2.05) is 12.1 Å². The second-order valence-corrected chi connectivity index (χ2v) is 3.54. The van der Waals surface area contributed by atoms with Gasteiger partial charge in [0.2, 0.25) is 0 Å². The molecule has 1 unspecified atom stereocenters. The predicted octanol–water partition coefficient (Wildman–Crippen LogP) is 1.20. The van der Waals surface area contributed by atoms with Crippen molar-refractivity contribution in [1.29, 1.82) is 0 Å². The fourth-order valence-electron chi connectivity index (χ4n) is 1.30. The Labute approximate surface area is 83.9 Å². The Kier molecular flexibility index (Phi) is 2.18. The van der Waals surface area contributed by atoms with E-state index in [9.17, 15) is 4.79 Å². The summed E-state index contributed by atoms with van der Waals surface area (Å²) in [5.41, 5.74) is 1.00. The number of hydrogen-bond acceptors (Lipinski definition) is 2. The zero-order chi connectivity index (χ0) is 9.26. The highest BCUT2D eigenvalue weighted by Crippen LogP contribution is 2.21. The summed E-state index contributed by atoms with van der Waals surface area (Å²) in [6, 6.07) is 3.69. The zero-order valence-electron chi connectivity index (χ0n) is 6.75. The summed E-state index contributed by atoms with van der Waals surface area (Å²) in [7, 11) is 0. The molecule has 2 heterocycles. The average molecular weight is 242 g/mol. The summed E-state index contributed by atoms with van der Waals surface area (Å²) in [6.07, 6.45) is 1.71. The van der Waals surface area contributed by atoms with Crippen LogP contribution in [0.1, 0.15) is 11.6 Å². The fourth-order valence-corrected chi connectivity index (χ4v) is 1.83. The molecule has 1 atom stereocenters. The molecule has 2 rings (SSSR count). The smallest absolute Gasteiger partial charge is 0.315 e. The normalized spacial score (nSPS) is 21.0. The lowest BCUT2D eigenvalue weighted by Gasteiger charge is -2.09. The van der Waals surface area contributed by atoms with Gasteiger partial charge in [0, 0.05) is 18.3 Å². The molecule has 68 valence electrons. The first-order chi connectivity index (χ1) is 6.27. The van der Waals surface area contributed by atoms with Gasteiger partial charge in [-0.3, -0.25) is 0 Å². The van der Waals surface area contributed by atoms with Crippen LogP contribution in [0.3, 0.4) is 0 Å². The van der Waals surface area contributed by atoms with Crippen molar-refractivity contribution in [2.75, 3.05) is 6.54 Å². The van der Waals surface area contributed by atoms with Gasteiger partial charge in [-0.1, -0.05) is 6.07 Å². The van der Waals surface area contributed by atoms with Gasteiger partial charge < -0.3 is 10.6 Å². The van der Waals surface area contributed by atoms with Crippen molar-refractivity contribution in [2.45, 2.75) is 6.04 Å². The summed E-state index contributed by atoms with van der Waals surface area (Å²) in [4.78, 5) is 15.0. The third-order valence-electron chi connectivity index (χ3n) is 1.94. The highest BCUT2D eigenvalue weighted by molar-refractivity contribution is 9.10. The third-order valence-corrected chi connectivity index (χ3v) is 2.60. The van der Waals surface area contributed by atoms with Crippen LogP contribution in [0.25, 0.3) is 0 Å². The number of amides is 2. The van der Waals surface area contributed by atoms with Crippen LogP contribution in [0.2, 0.25) is 0 Å². The molecule has 1 aliphatic heterocycles. The summed E-state index contributed by atoms with van der Waals surface area (Å²) < 4.78 is 0.781. The first-order valence-electron chi connectivity index (χ1n) is 3.92. The first-order valence-corrected chi connectivity index (χ1v) is 4.71. The van der Waals surface area contributed by atoms with Crippen LogP contribution >= 0.6 is 15.9 Å².